The lowest BCUT2D eigenvalue weighted by molar-refractivity contribution is 0.288. The molecule has 5 nitrogen and oxygen atoms in total. The van der Waals surface area contributed by atoms with E-state index < -0.39 is 10.0 Å². The van der Waals surface area contributed by atoms with Gasteiger partial charge in [-0.25, -0.2) is 8.42 Å². The summed E-state index contributed by atoms with van der Waals surface area (Å²) in [6.07, 6.45) is 1.35. The Kier molecular flexibility index (Phi) is 4.82. The van der Waals surface area contributed by atoms with E-state index in [1.807, 2.05) is 6.07 Å². The molecule has 0 saturated carbocycles. The molecular weight excluding hydrogens is 288 g/mol. The molecule has 0 fully saturated rings. The second-order valence-electron chi connectivity index (χ2n) is 4.70. The molecule has 112 valence electrons. The normalized spacial score (nSPS) is 11.3. The number of nitrogen functional groups attached to an aromatic ring is 1. The number of hydrogen-bond acceptors (Lipinski definition) is 4. The first-order chi connectivity index (χ1) is 10.0. The maximum absolute atomic E-state index is 12.2. The van der Waals surface area contributed by atoms with Crippen molar-refractivity contribution in [3.63, 3.8) is 0 Å². The SMILES string of the molecule is Nc1ccc(S(=O)(=O)Nc2cccc(CCCO)c2)cc1. The third-order valence-electron chi connectivity index (χ3n) is 2.99. The van der Waals surface area contributed by atoms with Gasteiger partial charge >= 0.3 is 0 Å². The summed E-state index contributed by atoms with van der Waals surface area (Å²) in [5.41, 5.74) is 7.54. The van der Waals surface area contributed by atoms with Crippen molar-refractivity contribution in [3.05, 3.63) is 54.1 Å². The monoisotopic (exact) mass is 306 g/mol. The van der Waals surface area contributed by atoms with Crippen LogP contribution in [0.25, 0.3) is 0 Å². The molecule has 6 heteroatoms. The highest BCUT2D eigenvalue weighted by Gasteiger charge is 2.13. The summed E-state index contributed by atoms with van der Waals surface area (Å²) >= 11 is 0. The van der Waals surface area contributed by atoms with Crippen molar-refractivity contribution >= 4 is 21.4 Å². The topological polar surface area (TPSA) is 92.4 Å². The minimum Gasteiger partial charge on any atom is -0.399 e. The Morgan fingerprint density at radius 3 is 2.48 bits per heavy atom. The van der Waals surface area contributed by atoms with E-state index in [-0.39, 0.29) is 11.5 Å². The largest absolute Gasteiger partial charge is 0.399 e. The highest BCUT2D eigenvalue weighted by atomic mass is 32.2. The average Bonchev–Trinajstić information content (AvgIpc) is 2.45. The number of aliphatic hydroxyl groups excluding tert-OH is 1. The van der Waals surface area contributed by atoms with Crippen molar-refractivity contribution < 1.29 is 13.5 Å². The molecule has 0 unspecified atom stereocenters. The maximum Gasteiger partial charge on any atom is 0.261 e. The molecule has 0 atom stereocenters. The first-order valence-electron chi connectivity index (χ1n) is 6.59. The van der Waals surface area contributed by atoms with Crippen LogP contribution in [0.4, 0.5) is 11.4 Å². The van der Waals surface area contributed by atoms with Crippen molar-refractivity contribution in [1.82, 2.24) is 0 Å². The summed E-state index contributed by atoms with van der Waals surface area (Å²) in [4.78, 5) is 0.164. The van der Waals surface area contributed by atoms with Gasteiger partial charge < -0.3 is 10.8 Å². The van der Waals surface area contributed by atoms with E-state index in [4.69, 9.17) is 10.8 Å². The first-order valence-corrected chi connectivity index (χ1v) is 8.08. The highest BCUT2D eigenvalue weighted by molar-refractivity contribution is 7.92. The van der Waals surface area contributed by atoms with Gasteiger partial charge in [0.05, 0.1) is 4.90 Å². The summed E-state index contributed by atoms with van der Waals surface area (Å²) in [6.45, 7) is 0.112. The molecule has 2 aromatic carbocycles. The molecular formula is C15H18N2O3S. The van der Waals surface area contributed by atoms with Crippen LogP contribution in [0.1, 0.15) is 12.0 Å². The summed E-state index contributed by atoms with van der Waals surface area (Å²) in [6, 6.07) is 13.2. The van der Waals surface area contributed by atoms with E-state index in [1.165, 1.54) is 12.1 Å². The predicted molar refractivity (Wildman–Crippen MR) is 83.5 cm³/mol. The Morgan fingerprint density at radius 2 is 1.81 bits per heavy atom. The zero-order valence-corrected chi connectivity index (χ0v) is 12.3. The zero-order chi connectivity index (χ0) is 15.3. The van der Waals surface area contributed by atoms with Crippen LogP contribution in [-0.2, 0) is 16.4 Å². The second kappa shape index (κ2) is 6.60. The summed E-state index contributed by atoms with van der Waals surface area (Å²) in [5.74, 6) is 0. The summed E-state index contributed by atoms with van der Waals surface area (Å²) < 4.78 is 27.0. The highest BCUT2D eigenvalue weighted by Crippen LogP contribution is 2.18. The Morgan fingerprint density at radius 1 is 1.10 bits per heavy atom. The Bertz CT molecular complexity index is 697. The number of nitrogens with one attached hydrogen (secondary N) is 1. The van der Waals surface area contributed by atoms with Gasteiger partial charge in [-0.15, -0.1) is 0 Å². The summed E-state index contributed by atoms with van der Waals surface area (Å²) in [7, 11) is -3.62. The molecule has 0 spiro atoms. The number of nitrogens with two attached hydrogens (primary N) is 1. The van der Waals surface area contributed by atoms with Gasteiger partial charge in [0, 0.05) is 18.0 Å². The number of rotatable bonds is 6. The van der Waals surface area contributed by atoms with Gasteiger partial charge in [0.2, 0.25) is 0 Å². The van der Waals surface area contributed by atoms with Crippen LogP contribution >= 0.6 is 0 Å². The lowest BCUT2D eigenvalue weighted by Gasteiger charge is -2.09. The van der Waals surface area contributed by atoms with Crippen LogP contribution in [0, 0.1) is 0 Å². The molecule has 0 amide bonds. The molecule has 0 bridgehead atoms. The van der Waals surface area contributed by atoms with Crippen molar-refractivity contribution in [3.8, 4) is 0 Å². The average molecular weight is 306 g/mol. The van der Waals surface area contributed by atoms with Gasteiger partial charge in [-0.3, -0.25) is 4.72 Å². The van der Waals surface area contributed by atoms with Gasteiger partial charge in [-0.1, -0.05) is 12.1 Å². The molecule has 4 N–H and O–H groups in total. The van der Waals surface area contributed by atoms with E-state index in [1.54, 1.807) is 30.3 Å². The van der Waals surface area contributed by atoms with Gasteiger partial charge in [0.25, 0.3) is 10.0 Å². The Labute approximate surface area is 124 Å². The molecule has 0 aliphatic rings. The van der Waals surface area contributed by atoms with Crippen LogP contribution in [0.3, 0.4) is 0 Å². The Hall–Kier alpha value is -2.05. The van der Waals surface area contributed by atoms with Crippen LogP contribution in [-0.4, -0.2) is 20.1 Å². The zero-order valence-electron chi connectivity index (χ0n) is 11.5. The van der Waals surface area contributed by atoms with E-state index in [2.05, 4.69) is 4.72 Å². The lowest BCUT2D eigenvalue weighted by atomic mass is 10.1. The van der Waals surface area contributed by atoms with Gasteiger partial charge in [0.15, 0.2) is 0 Å². The quantitative estimate of drug-likeness (QED) is 0.712. The molecule has 0 aliphatic carbocycles. The Balaban J connectivity index is 2.18. The third kappa shape index (κ3) is 4.21. The van der Waals surface area contributed by atoms with Crippen LogP contribution < -0.4 is 10.5 Å². The van der Waals surface area contributed by atoms with Gasteiger partial charge in [-0.05, 0) is 54.8 Å². The second-order valence-corrected chi connectivity index (χ2v) is 6.38. The standard InChI is InChI=1S/C15H18N2O3S/c16-13-6-8-15(9-7-13)21(19,20)17-14-5-1-3-12(11-14)4-2-10-18/h1,3,5-9,11,17-18H,2,4,10,16H2. The van der Waals surface area contributed by atoms with Crippen molar-refractivity contribution in [2.24, 2.45) is 0 Å². The maximum atomic E-state index is 12.2. The minimum absolute atomic E-state index is 0.112. The molecule has 0 saturated heterocycles. The lowest BCUT2D eigenvalue weighted by Crippen LogP contribution is -2.13. The molecule has 0 aliphatic heterocycles. The van der Waals surface area contributed by atoms with Crippen LogP contribution in [0.15, 0.2) is 53.4 Å². The van der Waals surface area contributed by atoms with Gasteiger partial charge in [0.1, 0.15) is 0 Å². The van der Waals surface area contributed by atoms with Crippen molar-refractivity contribution in [1.29, 1.82) is 0 Å². The fourth-order valence-electron chi connectivity index (χ4n) is 1.93. The number of benzene rings is 2. The molecule has 0 aromatic heterocycles. The third-order valence-corrected chi connectivity index (χ3v) is 4.39. The molecule has 0 heterocycles. The minimum atomic E-state index is -3.62. The predicted octanol–water partition coefficient (Wildman–Crippen LogP) is 1.99. The van der Waals surface area contributed by atoms with E-state index in [0.29, 0.717) is 24.2 Å². The van der Waals surface area contributed by atoms with E-state index in [0.717, 1.165) is 5.56 Å². The number of sulfonamides is 1. The van der Waals surface area contributed by atoms with Crippen molar-refractivity contribution in [2.75, 3.05) is 17.1 Å². The molecule has 21 heavy (non-hydrogen) atoms. The van der Waals surface area contributed by atoms with Crippen molar-refractivity contribution in [2.45, 2.75) is 17.7 Å². The number of anilines is 2. The van der Waals surface area contributed by atoms with E-state index >= 15 is 0 Å². The summed E-state index contributed by atoms with van der Waals surface area (Å²) in [5, 5.41) is 8.83. The molecule has 0 radical (unpaired) electrons. The van der Waals surface area contributed by atoms with E-state index in [9.17, 15) is 8.42 Å². The first kappa shape index (κ1) is 15.3. The smallest absolute Gasteiger partial charge is 0.261 e. The molecule has 2 rings (SSSR count). The fourth-order valence-corrected chi connectivity index (χ4v) is 2.98. The van der Waals surface area contributed by atoms with Crippen LogP contribution in [0.2, 0.25) is 0 Å². The fraction of sp³-hybridized carbons (Fsp3) is 0.200. The molecule has 2 aromatic rings. The number of aryl methyl sites for hydroxylation is 1. The van der Waals surface area contributed by atoms with Gasteiger partial charge in [-0.2, -0.15) is 0 Å². The number of aliphatic hydroxyl groups is 1. The van der Waals surface area contributed by atoms with Crippen LogP contribution in [0.5, 0.6) is 0 Å². The number of hydrogen-bond donors (Lipinski definition) is 3.